The first-order chi connectivity index (χ1) is 15.4. The molecule has 6 nitrogen and oxygen atoms in total. The predicted octanol–water partition coefficient (Wildman–Crippen LogP) is 4.93. The number of benzene rings is 1. The topological polar surface area (TPSA) is 83.6 Å². The van der Waals surface area contributed by atoms with Gasteiger partial charge in [-0.25, -0.2) is 9.97 Å². The van der Waals surface area contributed by atoms with Gasteiger partial charge in [0.15, 0.2) is 0 Å². The van der Waals surface area contributed by atoms with Crippen LogP contribution >= 0.6 is 11.3 Å². The molecule has 32 heavy (non-hydrogen) atoms. The lowest BCUT2D eigenvalue weighted by Gasteiger charge is -2.07. The van der Waals surface area contributed by atoms with E-state index in [0.29, 0.717) is 11.3 Å². The fraction of sp³-hybridized carbons (Fsp3) is 0.273. The van der Waals surface area contributed by atoms with E-state index in [1.807, 2.05) is 24.3 Å². The number of pyridine rings is 1. The monoisotopic (exact) mass is 459 g/mol. The molecule has 4 aromatic rings. The highest BCUT2D eigenvalue weighted by molar-refractivity contribution is 7.09. The number of alkyl halides is 3. The Morgan fingerprint density at radius 1 is 1.06 bits per heavy atom. The number of unbranched alkanes of at least 4 members (excludes halogenated alkanes) is 1. The van der Waals surface area contributed by atoms with Crippen LogP contribution in [-0.4, -0.2) is 25.8 Å². The van der Waals surface area contributed by atoms with E-state index in [0.717, 1.165) is 59.8 Å². The number of nitrogens with one attached hydrogen (secondary N) is 2. The Morgan fingerprint density at radius 2 is 1.88 bits per heavy atom. The molecule has 166 valence electrons. The molecule has 0 aliphatic heterocycles. The summed E-state index contributed by atoms with van der Waals surface area (Å²) in [5, 5.41) is 5.22. The Labute approximate surface area is 185 Å². The number of amides is 1. The highest BCUT2D eigenvalue weighted by Crippen LogP contribution is 2.27. The largest absolute Gasteiger partial charge is 0.433 e. The van der Waals surface area contributed by atoms with Crippen molar-refractivity contribution in [2.24, 2.45) is 0 Å². The summed E-state index contributed by atoms with van der Waals surface area (Å²) < 4.78 is 37.7. The first-order valence-corrected chi connectivity index (χ1v) is 10.9. The van der Waals surface area contributed by atoms with Crippen LogP contribution in [0.5, 0.6) is 0 Å². The maximum atomic E-state index is 12.6. The standard InChI is InChI=1S/C22H20F3N5OS/c23-22(24,25)18-10-9-14(11-26-18)12-27-21(31)17-13-32-20(30-17)8-4-3-7-19-28-15-5-1-2-6-16(15)29-19/h1-2,5-6,9-11,13H,3-4,7-8,12H2,(H,27,31)(H,28,29). The minimum absolute atomic E-state index is 0.0777. The van der Waals surface area contributed by atoms with Gasteiger partial charge in [-0.3, -0.25) is 9.78 Å². The molecule has 0 aliphatic rings. The molecule has 3 aromatic heterocycles. The van der Waals surface area contributed by atoms with Crippen LogP contribution in [0.3, 0.4) is 0 Å². The van der Waals surface area contributed by atoms with Crippen LogP contribution in [0, 0.1) is 0 Å². The van der Waals surface area contributed by atoms with Crippen LogP contribution in [-0.2, 0) is 25.6 Å². The lowest BCUT2D eigenvalue weighted by atomic mass is 10.2. The van der Waals surface area contributed by atoms with E-state index >= 15 is 0 Å². The van der Waals surface area contributed by atoms with Gasteiger partial charge in [-0.05, 0) is 43.0 Å². The molecular weight excluding hydrogens is 439 g/mol. The van der Waals surface area contributed by atoms with Gasteiger partial charge in [0.2, 0.25) is 0 Å². The van der Waals surface area contributed by atoms with Gasteiger partial charge in [-0.15, -0.1) is 11.3 Å². The Balaban J connectivity index is 1.22. The van der Waals surface area contributed by atoms with E-state index in [-0.39, 0.29) is 12.5 Å². The maximum absolute atomic E-state index is 12.6. The number of rotatable bonds is 8. The molecule has 4 rings (SSSR count). The average molecular weight is 459 g/mol. The minimum Gasteiger partial charge on any atom is -0.347 e. The fourth-order valence-corrected chi connectivity index (χ4v) is 4.01. The molecule has 1 aromatic carbocycles. The zero-order valence-electron chi connectivity index (χ0n) is 16.9. The molecule has 0 saturated carbocycles. The number of aromatic nitrogens is 4. The second-order valence-electron chi connectivity index (χ2n) is 7.27. The summed E-state index contributed by atoms with van der Waals surface area (Å²) in [6.07, 6.45) is 0.0999. The highest BCUT2D eigenvalue weighted by Gasteiger charge is 2.32. The summed E-state index contributed by atoms with van der Waals surface area (Å²) in [7, 11) is 0. The number of aryl methyl sites for hydroxylation is 2. The first-order valence-electron chi connectivity index (χ1n) is 10.1. The first kappa shape index (κ1) is 21.9. The molecule has 2 N–H and O–H groups in total. The molecule has 0 fully saturated rings. The number of para-hydroxylation sites is 2. The number of carbonyl (C=O) groups is 1. The van der Waals surface area contributed by atoms with Crippen LogP contribution in [0.25, 0.3) is 11.0 Å². The summed E-state index contributed by atoms with van der Waals surface area (Å²) in [5.74, 6) is 0.595. The Bertz CT molecular complexity index is 1170. The van der Waals surface area contributed by atoms with Crippen molar-refractivity contribution in [3.05, 3.63) is 75.8 Å². The second kappa shape index (κ2) is 9.47. The zero-order chi connectivity index (χ0) is 22.6. The van der Waals surface area contributed by atoms with E-state index in [1.165, 1.54) is 17.4 Å². The third-order valence-electron chi connectivity index (χ3n) is 4.85. The molecule has 0 aliphatic carbocycles. The van der Waals surface area contributed by atoms with Crippen molar-refractivity contribution in [3.63, 3.8) is 0 Å². The lowest BCUT2D eigenvalue weighted by Crippen LogP contribution is -2.23. The van der Waals surface area contributed by atoms with Gasteiger partial charge in [0.1, 0.15) is 17.2 Å². The number of H-pyrrole nitrogens is 1. The van der Waals surface area contributed by atoms with Crippen molar-refractivity contribution in [2.75, 3.05) is 0 Å². The van der Waals surface area contributed by atoms with Crippen molar-refractivity contribution < 1.29 is 18.0 Å². The van der Waals surface area contributed by atoms with Crippen molar-refractivity contribution in [3.8, 4) is 0 Å². The molecule has 3 heterocycles. The molecule has 0 bridgehead atoms. The van der Waals surface area contributed by atoms with Crippen LogP contribution in [0.1, 0.15) is 45.4 Å². The Hall–Kier alpha value is -3.27. The molecule has 0 unspecified atom stereocenters. The number of imidazole rings is 1. The molecule has 0 saturated heterocycles. The van der Waals surface area contributed by atoms with Gasteiger partial charge in [0.05, 0.1) is 16.0 Å². The number of hydrogen-bond donors (Lipinski definition) is 2. The fourth-order valence-electron chi connectivity index (χ4n) is 3.19. The maximum Gasteiger partial charge on any atom is 0.433 e. The van der Waals surface area contributed by atoms with E-state index in [2.05, 4.69) is 25.3 Å². The second-order valence-corrected chi connectivity index (χ2v) is 8.21. The normalized spacial score (nSPS) is 11.7. The van der Waals surface area contributed by atoms with Crippen LogP contribution < -0.4 is 5.32 Å². The summed E-state index contributed by atoms with van der Waals surface area (Å²) in [6, 6.07) is 10.1. The van der Waals surface area contributed by atoms with Gasteiger partial charge in [-0.1, -0.05) is 18.2 Å². The molecule has 1 amide bonds. The van der Waals surface area contributed by atoms with Gasteiger partial charge in [0.25, 0.3) is 5.91 Å². The van der Waals surface area contributed by atoms with E-state index in [4.69, 9.17) is 0 Å². The predicted molar refractivity (Wildman–Crippen MR) is 115 cm³/mol. The Morgan fingerprint density at radius 3 is 2.62 bits per heavy atom. The summed E-state index contributed by atoms with van der Waals surface area (Å²) in [6.45, 7) is 0.0777. The number of hydrogen-bond acceptors (Lipinski definition) is 5. The van der Waals surface area contributed by atoms with Crippen LogP contribution in [0.2, 0.25) is 0 Å². The SMILES string of the molecule is O=C(NCc1ccc(C(F)(F)F)nc1)c1csc(CCCCc2nc3ccccc3[nH]2)n1. The van der Waals surface area contributed by atoms with Gasteiger partial charge in [0, 0.05) is 24.5 Å². The van der Waals surface area contributed by atoms with E-state index in [9.17, 15) is 18.0 Å². The summed E-state index contributed by atoms with van der Waals surface area (Å²) >= 11 is 1.42. The number of fused-ring (bicyclic) bond motifs is 1. The van der Waals surface area contributed by atoms with Crippen molar-refractivity contribution >= 4 is 28.3 Å². The zero-order valence-corrected chi connectivity index (χ0v) is 17.8. The van der Waals surface area contributed by atoms with Gasteiger partial charge < -0.3 is 10.3 Å². The summed E-state index contributed by atoms with van der Waals surface area (Å²) in [5.41, 5.74) is 1.82. The lowest BCUT2D eigenvalue weighted by molar-refractivity contribution is -0.141. The number of halogens is 3. The molecule has 0 spiro atoms. The van der Waals surface area contributed by atoms with Crippen LogP contribution in [0.4, 0.5) is 13.2 Å². The third-order valence-corrected chi connectivity index (χ3v) is 5.75. The van der Waals surface area contributed by atoms with E-state index in [1.54, 1.807) is 5.38 Å². The highest BCUT2D eigenvalue weighted by atomic mass is 32.1. The van der Waals surface area contributed by atoms with Gasteiger partial charge >= 0.3 is 6.18 Å². The van der Waals surface area contributed by atoms with Gasteiger partial charge in [-0.2, -0.15) is 13.2 Å². The molecular formula is C22H20F3N5OS. The van der Waals surface area contributed by atoms with Crippen molar-refractivity contribution in [2.45, 2.75) is 38.4 Å². The number of thiazole rings is 1. The summed E-state index contributed by atoms with van der Waals surface area (Å²) in [4.78, 5) is 27.9. The number of nitrogens with zero attached hydrogens (tertiary/aromatic N) is 3. The molecule has 0 radical (unpaired) electrons. The van der Waals surface area contributed by atoms with Crippen molar-refractivity contribution in [1.29, 1.82) is 0 Å². The smallest absolute Gasteiger partial charge is 0.347 e. The quantitative estimate of drug-likeness (QED) is 0.366. The van der Waals surface area contributed by atoms with Crippen molar-refractivity contribution in [1.82, 2.24) is 25.3 Å². The van der Waals surface area contributed by atoms with E-state index < -0.39 is 11.9 Å². The third kappa shape index (κ3) is 5.50. The number of carbonyl (C=O) groups excluding carboxylic acids is 1. The average Bonchev–Trinajstić information content (AvgIpc) is 3.41. The minimum atomic E-state index is -4.48. The Kier molecular flexibility index (Phi) is 6.50. The van der Waals surface area contributed by atoms with Crippen LogP contribution in [0.15, 0.2) is 48.0 Å². The number of aromatic amines is 1. The molecule has 0 atom stereocenters. The molecule has 10 heteroatoms.